The maximum absolute atomic E-state index is 12.2. The minimum Gasteiger partial charge on any atom is -0.360 e. The van der Waals surface area contributed by atoms with Crippen LogP contribution < -0.4 is 0 Å². The molecule has 0 amide bonds. The van der Waals surface area contributed by atoms with E-state index in [9.17, 15) is 4.79 Å². The number of ether oxygens (including phenoxy) is 1. The summed E-state index contributed by atoms with van der Waals surface area (Å²) in [4.78, 5) is 12.2. The largest absolute Gasteiger partial charge is 0.360 e. The second-order valence-corrected chi connectivity index (χ2v) is 7.20. The Morgan fingerprint density at radius 3 is 2.42 bits per heavy atom. The highest BCUT2D eigenvalue weighted by Crippen LogP contribution is 2.37. The lowest BCUT2D eigenvalue weighted by Crippen LogP contribution is -2.40. The maximum Gasteiger partial charge on any atom is 0.177 e. The molecule has 0 heterocycles. The first kappa shape index (κ1) is 17.1. The predicted octanol–water partition coefficient (Wildman–Crippen LogP) is 3.28. The van der Waals surface area contributed by atoms with Crippen LogP contribution in [0.3, 0.4) is 0 Å². The van der Waals surface area contributed by atoms with Gasteiger partial charge in [-0.3, -0.25) is 4.79 Å². The van der Waals surface area contributed by atoms with Gasteiger partial charge in [0.2, 0.25) is 0 Å². The van der Waals surface area contributed by atoms with Crippen LogP contribution in [0, 0.1) is 0 Å². The van der Waals surface area contributed by atoms with Crippen LogP contribution in [0.4, 0.5) is 0 Å². The van der Waals surface area contributed by atoms with Crippen LogP contribution in [0.2, 0.25) is 0 Å². The first-order valence-corrected chi connectivity index (χ1v) is 8.08. The van der Waals surface area contributed by atoms with Gasteiger partial charge in [-0.05, 0) is 26.7 Å². The second-order valence-electron chi connectivity index (χ2n) is 4.92. The topological polar surface area (TPSA) is 44.8 Å². The fourth-order valence-corrected chi connectivity index (χ4v) is 3.05. The van der Waals surface area contributed by atoms with E-state index in [1.165, 1.54) is 0 Å². The molecular formula is C13H22ClO4P. The molecule has 0 fully saturated rings. The van der Waals surface area contributed by atoms with Crippen LogP contribution in [0.25, 0.3) is 0 Å². The monoisotopic (exact) mass is 308 g/mol. The van der Waals surface area contributed by atoms with Gasteiger partial charge in [-0.25, -0.2) is 0 Å². The van der Waals surface area contributed by atoms with Gasteiger partial charge in [0.1, 0.15) is 5.60 Å². The van der Waals surface area contributed by atoms with Crippen molar-refractivity contribution in [3.8, 4) is 0 Å². The Labute approximate surface area is 121 Å². The first-order valence-electron chi connectivity index (χ1n) is 6.28. The Hall–Kier alpha value is 0.01000. The summed E-state index contributed by atoms with van der Waals surface area (Å²) in [6.07, 6.45) is 5.76. The minimum atomic E-state index is -1.16. The third-order valence-corrected chi connectivity index (χ3v) is 4.78. The maximum atomic E-state index is 12.2. The number of alkyl halides is 1. The van der Waals surface area contributed by atoms with Gasteiger partial charge in [0, 0.05) is 14.2 Å². The second kappa shape index (κ2) is 7.70. The van der Waals surface area contributed by atoms with E-state index in [2.05, 4.69) is 0 Å². The van der Waals surface area contributed by atoms with E-state index in [4.69, 9.17) is 25.4 Å². The zero-order chi connectivity index (χ0) is 14.5. The Balaban J connectivity index is 2.54. The third kappa shape index (κ3) is 5.49. The lowest BCUT2D eigenvalue weighted by atomic mass is 10.0. The van der Waals surface area contributed by atoms with Crippen molar-refractivity contribution in [1.82, 2.24) is 0 Å². The molecule has 0 aliphatic heterocycles. The van der Waals surface area contributed by atoms with Gasteiger partial charge >= 0.3 is 0 Å². The van der Waals surface area contributed by atoms with Crippen LogP contribution in [-0.4, -0.2) is 43.2 Å². The van der Waals surface area contributed by atoms with Crippen molar-refractivity contribution >= 4 is 25.8 Å². The molecule has 2 unspecified atom stereocenters. The number of rotatable bonds is 7. The summed E-state index contributed by atoms with van der Waals surface area (Å²) < 4.78 is 16.1. The number of Topliss-reactive ketones (excluding diaryl/α,β-unsaturated/α-hetero) is 1. The molecule has 0 aromatic rings. The summed E-state index contributed by atoms with van der Waals surface area (Å²) >= 11 is 5.98. The van der Waals surface area contributed by atoms with Crippen LogP contribution in [-0.2, 0) is 18.6 Å². The van der Waals surface area contributed by atoms with Crippen LogP contribution in [0.1, 0.15) is 26.7 Å². The number of ketones is 1. The Morgan fingerprint density at radius 1 is 1.32 bits per heavy atom. The van der Waals surface area contributed by atoms with E-state index in [-0.39, 0.29) is 23.4 Å². The highest BCUT2D eigenvalue weighted by Gasteiger charge is 2.33. The van der Waals surface area contributed by atoms with Gasteiger partial charge in [0.15, 0.2) is 14.2 Å². The summed E-state index contributed by atoms with van der Waals surface area (Å²) in [5, 5.41) is 0.0773. The molecule has 0 radical (unpaired) electrons. The molecule has 0 N–H and O–H groups in total. The molecule has 1 aliphatic rings. The molecular weight excluding hydrogens is 287 g/mol. The standard InChI is InChI=1S/C13H22ClO4P/c1-13(2,12(15)9-19(16-3)17-4)18-11-7-5-10(14)6-8-11/h5,7,10-11H,6,8-9H2,1-4H3. The smallest absolute Gasteiger partial charge is 0.177 e. The number of hydrogen-bond acceptors (Lipinski definition) is 4. The van der Waals surface area contributed by atoms with Gasteiger partial charge < -0.3 is 13.8 Å². The van der Waals surface area contributed by atoms with E-state index in [0.717, 1.165) is 12.8 Å². The zero-order valence-electron chi connectivity index (χ0n) is 11.9. The van der Waals surface area contributed by atoms with Crippen LogP contribution >= 0.6 is 20.0 Å². The van der Waals surface area contributed by atoms with E-state index in [0.29, 0.717) is 0 Å². The normalized spacial score (nSPS) is 23.9. The van der Waals surface area contributed by atoms with E-state index >= 15 is 0 Å². The Morgan fingerprint density at radius 2 is 1.95 bits per heavy atom. The summed E-state index contributed by atoms with van der Waals surface area (Å²) in [6.45, 7) is 3.57. The van der Waals surface area contributed by atoms with Gasteiger partial charge in [0.25, 0.3) is 0 Å². The van der Waals surface area contributed by atoms with Crippen molar-refractivity contribution < 1.29 is 18.6 Å². The third-order valence-electron chi connectivity index (χ3n) is 3.06. The Kier molecular flexibility index (Phi) is 6.92. The summed E-state index contributed by atoms with van der Waals surface area (Å²) in [7, 11) is 1.93. The average molecular weight is 309 g/mol. The molecule has 0 saturated carbocycles. The molecule has 1 rings (SSSR count). The van der Waals surface area contributed by atoms with Crippen molar-refractivity contribution in [2.45, 2.75) is 43.8 Å². The molecule has 0 saturated heterocycles. The minimum absolute atomic E-state index is 0.0105. The Bertz CT molecular complexity index is 329. The summed E-state index contributed by atoms with van der Waals surface area (Å²) in [5.74, 6) is -0.0105. The molecule has 19 heavy (non-hydrogen) atoms. The quantitative estimate of drug-likeness (QED) is 0.411. The van der Waals surface area contributed by atoms with Gasteiger partial charge in [-0.1, -0.05) is 12.2 Å². The van der Waals surface area contributed by atoms with E-state index in [1.54, 1.807) is 28.1 Å². The molecule has 1 aliphatic carbocycles. The van der Waals surface area contributed by atoms with Crippen LogP contribution in [0.5, 0.6) is 0 Å². The average Bonchev–Trinajstić information content (AvgIpc) is 2.38. The first-order chi connectivity index (χ1) is 8.89. The number of allylic oxidation sites excluding steroid dienone is 1. The molecule has 0 spiro atoms. The lowest BCUT2D eigenvalue weighted by Gasteiger charge is -2.30. The molecule has 0 bridgehead atoms. The highest BCUT2D eigenvalue weighted by atomic mass is 35.5. The lowest BCUT2D eigenvalue weighted by molar-refractivity contribution is -0.142. The van der Waals surface area contributed by atoms with Crippen molar-refractivity contribution in [3.05, 3.63) is 12.2 Å². The highest BCUT2D eigenvalue weighted by molar-refractivity contribution is 7.48. The molecule has 0 aromatic heterocycles. The van der Waals surface area contributed by atoms with E-state index < -0.39 is 14.0 Å². The zero-order valence-corrected chi connectivity index (χ0v) is 13.5. The predicted molar refractivity (Wildman–Crippen MR) is 77.8 cm³/mol. The summed E-state index contributed by atoms with van der Waals surface area (Å²) in [6, 6.07) is 0. The SMILES string of the molecule is COP(CC(=O)C(C)(C)OC1C=CC(Cl)CC1)OC. The number of carbonyl (C=O) groups excluding carboxylic acids is 1. The van der Waals surface area contributed by atoms with Crippen molar-refractivity contribution in [2.75, 3.05) is 20.4 Å². The van der Waals surface area contributed by atoms with Crippen molar-refractivity contribution in [1.29, 1.82) is 0 Å². The number of hydrogen-bond donors (Lipinski definition) is 0. The molecule has 0 aromatic carbocycles. The summed E-state index contributed by atoms with van der Waals surface area (Å²) in [5.41, 5.74) is -0.841. The van der Waals surface area contributed by atoms with Gasteiger partial charge in [-0.15, -0.1) is 11.6 Å². The van der Waals surface area contributed by atoms with E-state index in [1.807, 2.05) is 12.2 Å². The number of carbonyl (C=O) groups is 1. The molecule has 110 valence electrons. The fraction of sp³-hybridized carbons (Fsp3) is 0.769. The number of halogens is 1. The van der Waals surface area contributed by atoms with Crippen LogP contribution in [0.15, 0.2) is 12.2 Å². The fourth-order valence-electron chi connectivity index (χ4n) is 1.81. The molecule has 4 nitrogen and oxygen atoms in total. The van der Waals surface area contributed by atoms with Crippen molar-refractivity contribution in [3.63, 3.8) is 0 Å². The molecule has 6 heteroatoms. The van der Waals surface area contributed by atoms with Gasteiger partial charge in [-0.2, -0.15) is 0 Å². The van der Waals surface area contributed by atoms with Gasteiger partial charge in [0.05, 0.1) is 17.6 Å². The molecule has 2 atom stereocenters. The van der Waals surface area contributed by atoms with Crippen molar-refractivity contribution in [2.24, 2.45) is 0 Å².